The van der Waals surface area contributed by atoms with Crippen molar-refractivity contribution in [1.82, 2.24) is 14.3 Å². The van der Waals surface area contributed by atoms with Gasteiger partial charge in [-0.1, -0.05) is 18.2 Å². The number of hydrogen-bond acceptors (Lipinski definition) is 4. The summed E-state index contributed by atoms with van der Waals surface area (Å²) in [5.74, 6) is -0.721. The number of pyridine rings is 1. The monoisotopic (exact) mass is 305 g/mol. The zero-order chi connectivity index (χ0) is 16.0. The first-order valence-electron chi connectivity index (χ1n) is 7.08. The van der Waals surface area contributed by atoms with Crippen LogP contribution in [0.15, 0.2) is 59.5 Å². The number of carbonyl (C=O) groups is 2. The van der Waals surface area contributed by atoms with Gasteiger partial charge in [-0.05, 0) is 24.3 Å². The van der Waals surface area contributed by atoms with Crippen LogP contribution in [0.1, 0.15) is 26.4 Å². The molecule has 2 aromatic heterocycles. The lowest BCUT2D eigenvalue weighted by molar-refractivity contribution is 0.0640. The van der Waals surface area contributed by atoms with Crippen LogP contribution in [0.25, 0.3) is 5.65 Å². The molecule has 0 saturated heterocycles. The molecular formula is C17H11N3O3. The van der Waals surface area contributed by atoms with Gasteiger partial charge < -0.3 is 0 Å². The molecule has 1 aliphatic rings. The van der Waals surface area contributed by atoms with E-state index in [1.807, 2.05) is 0 Å². The molecule has 6 nitrogen and oxygen atoms in total. The lowest BCUT2D eigenvalue weighted by atomic mass is 10.1. The Morgan fingerprint density at radius 1 is 0.870 bits per heavy atom. The molecule has 23 heavy (non-hydrogen) atoms. The Hall–Kier alpha value is -3.28. The van der Waals surface area contributed by atoms with Crippen molar-refractivity contribution in [2.24, 2.45) is 0 Å². The topological polar surface area (TPSA) is 71.8 Å². The number of carbonyl (C=O) groups excluding carboxylic acids is 2. The number of aromatic nitrogens is 2. The highest BCUT2D eigenvalue weighted by molar-refractivity contribution is 6.21. The molecule has 2 amide bonds. The zero-order valence-corrected chi connectivity index (χ0v) is 12.0. The number of amides is 2. The van der Waals surface area contributed by atoms with Gasteiger partial charge in [-0.15, -0.1) is 0 Å². The van der Waals surface area contributed by atoms with Crippen molar-refractivity contribution >= 4 is 17.5 Å². The van der Waals surface area contributed by atoms with Gasteiger partial charge in [0.15, 0.2) is 0 Å². The molecule has 4 rings (SSSR count). The van der Waals surface area contributed by atoms with Gasteiger partial charge in [0.25, 0.3) is 17.4 Å². The van der Waals surface area contributed by atoms with Crippen molar-refractivity contribution < 1.29 is 9.59 Å². The summed E-state index contributed by atoms with van der Waals surface area (Å²) in [5, 5.41) is 0. The molecule has 0 radical (unpaired) electrons. The molecule has 0 fully saturated rings. The van der Waals surface area contributed by atoms with Crippen LogP contribution < -0.4 is 5.56 Å². The van der Waals surface area contributed by atoms with E-state index in [1.54, 1.807) is 48.7 Å². The minimum Gasteiger partial charge on any atom is -0.269 e. The molecule has 0 aliphatic carbocycles. The molecule has 3 aromatic rings. The minimum absolute atomic E-state index is 0.0209. The maximum absolute atomic E-state index is 12.4. The summed E-state index contributed by atoms with van der Waals surface area (Å²) in [6.07, 6.45) is 1.62. The number of fused-ring (bicyclic) bond motifs is 2. The van der Waals surface area contributed by atoms with Crippen LogP contribution in [0.5, 0.6) is 0 Å². The third-order valence-corrected chi connectivity index (χ3v) is 3.82. The maximum atomic E-state index is 12.4. The molecule has 112 valence electrons. The van der Waals surface area contributed by atoms with Gasteiger partial charge >= 0.3 is 0 Å². The van der Waals surface area contributed by atoms with E-state index in [0.717, 1.165) is 4.90 Å². The molecule has 6 heteroatoms. The summed E-state index contributed by atoms with van der Waals surface area (Å²) in [6, 6.07) is 13.2. The average Bonchev–Trinajstić information content (AvgIpc) is 2.81. The summed E-state index contributed by atoms with van der Waals surface area (Å²) >= 11 is 0. The van der Waals surface area contributed by atoms with E-state index in [2.05, 4.69) is 4.98 Å². The predicted octanol–water partition coefficient (Wildman–Crippen LogP) is 1.49. The lowest BCUT2D eigenvalue weighted by Crippen LogP contribution is -2.30. The van der Waals surface area contributed by atoms with Crippen LogP contribution in [0.4, 0.5) is 0 Å². The fraction of sp³-hybridized carbons (Fsp3) is 0.0588. The maximum Gasteiger partial charge on any atom is 0.261 e. The lowest BCUT2D eigenvalue weighted by Gasteiger charge is -2.13. The quantitative estimate of drug-likeness (QED) is 0.673. The molecule has 3 heterocycles. The first kappa shape index (κ1) is 13.4. The highest BCUT2D eigenvalue weighted by Crippen LogP contribution is 2.23. The summed E-state index contributed by atoms with van der Waals surface area (Å²) in [6.45, 7) is -0.0209. The average molecular weight is 305 g/mol. The van der Waals surface area contributed by atoms with E-state index in [1.165, 1.54) is 10.5 Å². The van der Waals surface area contributed by atoms with E-state index in [9.17, 15) is 14.4 Å². The van der Waals surface area contributed by atoms with Crippen molar-refractivity contribution in [3.05, 3.63) is 81.9 Å². The second-order valence-corrected chi connectivity index (χ2v) is 5.26. The second-order valence-electron chi connectivity index (χ2n) is 5.26. The van der Waals surface area contributed by atoms with Gasteiger partial charge in [0.2, 0.25) is 0 Å². The fourth-order valence-electron chi connectivity index (χ4n) is 2.73. The molecule has 1 aromatic carbocycles. The van der Waals surface area contributed by atoms with Gasteiger partial charge in [-0.3, -0.25) is 23.7 Å². The SMILES string of the molecule is O=C1c2ccccc2C(=O)N1Cc1cc(=O)n2ccccc2n1. The number of benzene rings is 1. The molecule has 0 atom stereocenters. The number of imide groups is 1. The molecule has 0 bridgehead atoms. The second kappa shape index (κ2) is 4.88. The van der Waals surface area contributed by atoms with Crippen molar-refractivity contribution in [3.63, 3.8) is 0 Å². The minimum atomic E-state index is -0.360. The normalized spacial score (nSPS) is 13.7. The standard InChI is InChI=1S/C17H11N3O3/c21-15-9-11(18-14-7-3-4-8-19(14)15)10-20-16(22)12-5-1-2-6-13(12)17(20)23/h1-9H,10H2. The third-order valence-electron chi connectivity index (χ3n) is 3.82. The Morgan fingerprint density at radius 2 is 1.52 bits per heavy atom. The van der Waals surface area contributed by atoms with E-state index >= 15 is 0 Å². The molecule has 0 saturated carbocycles. The molecule has 0 spiro atoms. The smallest absolute Gasteiger partial charge is 0.261 e. The summed E-state index contributed by atoms with van der Waals surface area (Å²) in [4.78, 5) is 42.3. The Labute approximate surface area is 130 Å². The van der Waals surface area contributed by atoms with Crippen molar-refractivity contribution in [1.29, 1.82) is 0 Å². The van der Waals surface area contributed by atoms with Gasteiger partial charge in [-0.2, -0.15) is 0 Å². The van der Waals surface area contributed by atoms with Crippen LogP contribution in [-0.2, 0) is 6.54 Å². The van der Waals surface area contributed by atoms with Gasteiger partial charge in [0.05, 0.1) is 23.4 Å². The van der Waals surface area contributed by atoms with E-state index in [4.69, 9.17) is 0 Å². The number of hydrogen-bond donors (Lipinski definition) is 0. The highest BCUT2D eigenvalue weighted by atomic mass is 16.2. The largest absolute Gasteiger partial charge is 0.269 e. The summed E-state index contributed by atoms with van der Waals surface area (Å²) in [7, 11) is 0. The first-order chi connectivity index (χ1) is 11.1. The molecular weight excluding hydrogens is 294 g/mol. The molecule has 0 N–H and O–H groups in total. The van der Waals surface area contributed by atoms with E-state index in [-0.39, 0.29) is 23.9 Å². The Morgan fingerprint density at radius 3 is 2.22 bits per heavy atom. The van der Waals surface area contributed by atoms with Crippen LogP contribution >= 0.6 is 0 Å². The van der Waals surface area contributed by atoms with Gasteiger partial charge in [0.1, 0.15) is 5.65 Å². The van der Waals surface area contributed by atoms with Crippen molar-refractivity contribution in [2.75, 3.05) is 0 Å². The molecule has 1 aliphatic heterocycles. The molecule has 0 unspecified atom stereocenters. The van der Waals surface area contributed by atoms with Crippen LogP contribution in [-0.4, -0.2) is 26.1 Å². The van der Waals surface area contributed by atoms with Crippen LogP contribution in [0.3, 0.4) is 0 Å². The van der Waals surface area contributed by atoms with E-state index in [0.29, 0.717) is 22.5 Å². The van der Waals surface area contributed by atoms with E-state index < -0.39 is 0 Å². The third kappa shape index (κ3) is 2.03. The van der Waals surface area contributed by atoms with Gasteiger partial charge in [0, 0.05) is 12.3 Å². The Kier molecular flexibility index (Phi) is 2.84. The first-order valence-corrected chi connectivity index (χ1v) is 7.08. The zero-order valence-electron chi connectivity index (χ0n) is 12.0. The summed E-state index contributed by atoms with van der Waals surface area (Å²) in [5.41, 5.74) is 1.38. The summed E-state index contributed by atoms with van der Waals surface area (Å²) < 4.78 is 1.41. The Balaban J connectivity index is 1.74. The Bertz CT molecular complexity index is 988. The van der Waals surface area contributed by atoms with Crippen LogP contribution in [0, 0.1) is 0 Å². The van der Waals surface area contributed by atoms with Crippen LogP contribution in [0.2, 0.25) is 0 Å². The predicted molar refractivity (Wildman–Crippen MR) is 82.1 cm³/mol. The highest BCUT2D eigenvalue weighted by Gasteiger charge is 2.35. The fourth-order valence-corrected chi connectivity index (χ4v) is 2.73. The van der Waals surface area contributed by atoms with Crippen molar-refractivity contribution in [3.8, 4) is 0 Å². The number of rotatable bonds is 2. The number of nitrogens with zero attached hydrogens (tertiary/aromatic N) is 3. The van der Waals surface area contributed by atoms with Gasteiger partial charge in [-0.25, -0.2) is 4.98 Å². The van der Waals surface area contributed by atoms with Crippen molar-refractivity contribution in [2.45, 2.75) is 6.54 Å².